The highest BCUT2D eigenvalue weighted by Crippen LogP contribution is 2.30. The van der Waals surface area contributed by atoms with Crippen molar-refractivity contribution < 1.29 is 0 Å². The molecule has 0 spiro atoms. The molecule has 0 saturated heterocycles. The van der Waals surface area contributed by atoms with E-state index in [4.69, 9.17) is 5.73 Å². The maximum absolute atomic E-state index is 5.91. The van der Waals surface area contributed by atoms with Crippen LogP contribution in [0.25, 0.3) is 22.4 Å². The molecule has 86 valence electrons. The van der Waals surface area contributed by atoms with Crippen LogP contribution < -0.4 is 5.73 Å². The second-order valence-electron chi connectivity index (χ2n) is 4.24. The monoisotopic (exact) mass is 243 g/mol. The van der Waals surface area contributed by atoms with Gasteiger partial charge >= 0.3 is 0 Å². The highest BCUT2D eigenvalue weighted by molar-refractivity contribution is 7.14. The van der Waals surface area contributed by atoms with Crippen LogP contribution in [0.1, 0.15) is 11.1 Å². The van der Waals surface area contributed by atoms with Crippen LogP contribution in [0.4, 0.5) is 5.00 Å². The maximum Gasteiger partial charge on any atom is 0.141 e. The van der Waals surface area contributed by atoms with Crippen molar-refractivity contribution in [3.8, 4) is 11.4 Å². The summed E-state index contributed by atoms with van der Waals surface area (Å²) in [6, 6.07) is 6.23. The number of hydrogen-bond acceptors (Lipinski definition) is 3. The topological polar surface area (TPSA) is 54.7 Å². The Balaban J connectivity index is 2.24. The Morgan fingerprint density at radius 3 is 2.71 bits per heavy atom. The van der Waals surface area contributed by atoms with Crippen molar-refractivity contribution in [3.63, 3.8) is 0 Å². The minimum atomic E-state index is 0.803. The van der Waals surface area contributed by atoms with Gasteiger partial charge in [-0.15, -0.1) is 11.3 Å². The average Bonchev–Trinajstić information content (AvgIpc) is 2.85. The number of thiophene rings is 1. The van der Waals surface area contributed by atoms with E-state index in [1.165, 1.54) is 22.5 Å². The molecule has 17 heavy (non-hydrogen) atoms. The van der Waals surface area contributed by atoms with Crippen molar-refractivity contribution in [2.24, 2.45) is 0 Å². The number of aromatic nitrogens is 2. The Morgan fingerprint density at radius 2 is 2.00 bits per heavy atom. The van der Waals surface area contributed by atoms with E-state index in [1.54, 1.807) is 0 Å². The number of nitrogen functional groups attached to an aromatic ring is 1. The first kappa shape index (κ1) is 10.4. The van der Waals surface area contributed by atoms with Gasteiger partial charge in [0.2, 0.25) is 0 Å². The van der Waals surface area contributed by atoms with Crippen LogP contribution in [-0.4, -0.2) is 9.97 Å². The third kappa shape index (κ3) is 1.61. The molecule has 2 heterocycles. The van der Waals surface area contributed by atoms with Gasteiger partial charge in [-0.1, -0.05) is 0 Å². The molecule has 0 bridgehead atoms. The number of nitrogens with one attached hydrogen (secondary N) is 1. The number of imidazole rings is 1. The second kappa shape index (κ2) is 3.60. The van der Waals surface area contributed by atoms with Crippen molar-refractivity contribution in [1.82, 2.24) is 9.97 Å². The summed E-state index contributed by atoms with van der Waals surface area (Å²) in [5, 5.41) is 2.78. The van der Waals surface area contributed by atoms with E-state index in [1.807, 2.05) is 11.4 Å². The minimum absolute atomic E-state index is 0.803. The summed E-state index contributed by atoms with van der Waals surface area (Å²) in [5.74, 6) is 0.851. The van der Waals surface area contributed by atoms with Crippen molar-refractivity contribution in [2.75, 3.05) is 5.73 Å². The molecule has 0 atom stereocenters. The Hall–Kier alpha value is -1.81. The standard InChI is InChI=1S/C13H13N3S/c1-7-5-10-11(6-8(7)2)16-13(15-10)9-3-4-17-12(9)14/h3-6H,14H2,1-2H3,(H,15,16). The van der Waals surface area contributed by atoms with E-state index in [2.05, 4.69) is 35.9 Å². The summed E-state index contributed by atoms with van der Waals surface area (Å²) in [4.78, 5) is 7.91. The molecule has 3 nitrogen and oxygen atoms in total. The summed E-state index contributed by atoms with van der Waals surface area (Å²) >= 11 is 1.53. The van der Waals surface area contributed by atoms with Crippen LogP contribution in [0.5, 0.6) is 0 Å². The number of hydrogen-bond donors (Lipinski definition) is 2. The van der Waals surface area contributed by atoms with Crippen LogP contribution >= 0.6 is 11.3 Å². The zero-order valence-corrected chi connectivity index (χ0v) is 10.6. The fourth-order valence-electron chi connectivity index (χ4n) is 1.91. The SMILES string of the molecule is Cc1cc2nc(-c3ccsc3N)[nH]c2cc1C. The number of H-pyrrole nitrogens is 1. The number of aromatic amines is 1. The predicted octanol–water partition coefficient (Wildman–Crippen LogP) is 3.49. The summed E-state index contributed by atoms with van der Waals surface area (Å²) in [6.45, 7) is 4.20. The maximum atomic E-state index is 5.91. The zero-order valence-electron chi connectivity index (χ0n) is 9.74. The normalized spacial score (nSPS) is 11.2. The first-order chi connectivity index (χ1) is 8.15. The average molecular weight is 243 g/mol. The molecule has 1 aromatic carbocycles. The molecule has 0 fully saturated rings. The number of nitrogens with two attached hydrogens (primary N) is 1. The fraction of sp³-hybridized carbons (Fsp3) is 0.154. The highest BCUT2D eigenvalue weighted by atomic mass is 32.1. The van der Waals surface area contributed by atoms with Crippen LogP contribution in [-0.2, 0) is 0 Å². The Morgan fingerprint density at radius 1 is 1.24 bits per heavy atom. The van der Waals surface area contributed by atoms with Gasteiger partial charge in [0, 0.05) is 0 Å². The number of rotatable bonds is 1. The Kier molecular flexibility index (Phi) is 2.19. The highest BCUT2D eigenvalue weighted by Gasteiger charge is 2.09. The van der Waals surface area contributed by atoms with Crippen LogP contribution in [0.15, 0.2) is 23.6 Å². The van der Waals surface area contributed by atoms with Crippen LogP contribution in [0.3, 0.4) is 0 Å². The first-order valence-electron chi connectivity index (χ1n) is 5.45. The number of fused-ring (bicyclic) bond motifs is 1. The van der Waals surface area contributed by atoms with E-state index < -0.39 is 0 Å². The molecular formula is C13H13N3S. The molecule has 3 rings (SSSR count). The molecule has 0 unspecified atom stereocenters. The summed E-state index contributed by atoms with van der Waals surface area (Å²) in [7, 11) is 0. The van der Waals surface area contributed by atoms with Gasteiger partial charge in [-0.05, 0) is 48.6 Å². The summed E-state index contributed by atoms with van der Waals surface area (Å²) in [5.41, 5.74) is 11.5. The van der Waals surface area contributed by atoms with E-state index >= 15 is 0 Å². The van der Waals surface area contributed by atoms with Gasteiger partial charge in [-0.2, -0.15) is 0 Å². The van der Waals surface area contributed by atoms with Gasteiger partial charge < -0.3 is 10.7 Å². The van der Waals surface area contributed by atoms with Crippen molar-refractivity contribution in [3.05, 3.63) is 34.7 Å². The molecule has 0 aliphatic heterocycles. The van der Waals surface area contributed by atoms with Gasteiger partial charge in [-0.25, -0.2) is 4.98 Å². The number of aryl methyl sites for hydroxylation is 2. The lowest BCUT2D eigenvalue weighted by atomic mass is 10.1. The third-order valence-electron chi connectivity index (χ3n) is 3.05. The lowest BCUT2D eigenvalue weighted by Crippen LogP contribution is -1.84. The van der Waals surface area contributed by atoms with Gasteiger partial charge in [0.15, 0.2) is 0 Å². The van der Waals surface area contributed by atoms with Crippen LogP contribution in [0, 0.1) is 13.8 Å². The Bertz CT molecular complexity index is 655. The predicted molar refractivity (Wildman–Crippen MR) is 73.3 cm³/mol. The molecule has 4 heteroatoms. The van der Waals surface area contributed by atoms with Gasteiger partial charge in [0.25, 0.3) is 0 Å². The lowest BCUT2D eigenvalue weighted by molar-refractivity contribution is 1.35. The van der Waals surface area contributed by atoms with Crippen molar-refractivity contribution in [2.45, 2.75) is 13.8 Å². The molecule has 2 aromatic heterocycles. The molecule has 0 aliphatic rings. The molecule has 0 aliphatic carbocycles. The summed E-state index contributed by atoms with van der Waals surface area (Å²) < 4.78 is 0. The van der Waals surface area contributed by atoms with E-state index in [9.17, 15) is 0 Å². The molecule has 3 aromatic rings. The van der Waals surface area contributed by atoms with Gasteiger partial charge in [0.05, 0.1) is 21.6 Å². The number of nitrogens with zero attached hydrogens (tertiary/aromatic N) is 1. The smallest absolute Gasteiger partial charge is 0.141 e. The van der Waals surface area contributed by atoms with E-state index in [-0.39, 0.29) is 0 Å². The molecular weight excluding hydrogens is 230 g/mol. The molecule has 0 radical (unpaired) electrons. The summed E-state index contributed by atoms with van der Waals surface area (Å²) in [6.07, 6.45) is 0. The molecule has 0 saturated carbocycles. The fourth-order valence-corrected chi connectivity index (χ4v) is 2.56. The Labute approximate surface area is 103 Å². The second-order valence-corrected chi connectivity index (χ2v) is 5.19. The number of benzene rings is 1. The van der Waals surface area contributed by atoms with Crippen LogP contribution in [0.2, 0.25) is 0 Å². The van der Waals surface area contributed by atoms with Crippen molar-refractivity contribution >= 4 is 27.4 Å². The van der Waals surface area contributed by atoms with Gasteiger partial charge in [-0.3, -0.25) is 0 Å². The minimum Gasteiger partial charge on any atom is -0.390 e. The molecule has 0 amide bonds. The largest absolute Gasteiger partial charge is 0.390 e. The quantitative estimate of drug-likeness (QED) is 0.687. The number of anilines is 1. The molecule has 3 N–H and O–H groups in total. The van der Waals surface area contributed by atoms with E-state index in [0.29, 0.717) is 0 Å². The van der Waals surface area contributed by atoms with Gasteiger partial charge in [0.1, 0.15) is 5.82 Å². The first-order valence-corrected chi connectivity index (χ1v) is 6.33. The third-order valence-corrected chi connectivity index (χ3v) is 3.79. The van der Waals surface area contributed by atoms with Crippen molar-refractivity contribution in [1.29, 1.82) is 0 Å². The zero-order chi connectivity index (χ0) is 12.0. The van der Waals surface area contributed by atoms with E-state index in [0.717, 1.165) is 27.4 Å². The lowest BCUT2D eigenvalue weighted by Gasteiger charge is -1.97.